The summed E-state index contributed by atoms with van der Waals surface area (Å²) in [6, 6.07) is 19.0. The van der Waals surface area contributed by atoms with E-state index in [1.807, 2.05) is 23.5 Å². The Labute approximate surface area is 149 Å². The minimum atomic E-state index is 0.789. The Morgan fingerprint density at radius 1 is 0.727 bits per heavy atom. The Morgan fingerprint density at radius 3 is 2.14 bits per heavy atom. The van der Waals surface area contributed by atoms with E-state index >= 15 is 0 Å². The molecule has 0 bridgehead atoms. The van der Waals surface area contributed by atoms with Crippen LogP contribution in [0, 0.1) is 0 Å². The quantitative estimate of drug-likeness (QED) is 0.327. The molecule has 0 atom stereocenters. The molecular formula is C18H11Br2NS. The largest absolute Gasteiger partial charge is 0.398 e. The lowest BCUT2D eigenvalue weighted by molar-refractivity contribution is 1.61. The van der Waals surface area contributed by atoms with Crippen LogP contribution in [-0.4, -0.2) is 0 Å². The van der Waals surface area contributed by atoms with Gasteiger partial charge < -0.3 is 5.73 Å². The molecule has 0 fully saturated rings. The van der Waals surface area contributed by atoms with Gasteiger partial charge in [0.2, 0.25) is 0 Å². The summed E-state index contributed by atoms with van der Waals surface area (Å²) in [5.41, 5.74) is 9.18. The highest BCUT2D eigenvalue weighted by Gasteiger charge is 2.09. The van der Waals surface area contributed by atoms with Crippen molar-refractivity contribution >= 4 is 69.1 Å². The van der Waals surface area contributed by atoms with Gasteiger partial charge in [-0.05, 0) is 35.9 Å². The van der Waals surface area contributed by atoms with Crippen LogP contribution < -0.4 is 5.73 Å². The summed E-state index contributed by atoms with van der Waals surface area (Å²) >= 11 is 8.81. The van der Waals surface area contributed by atoms with E-state index in [1.165, 1.54) is 20.2 Å². The monoisotopic (exact) mass is 431 g/mol. The van der Waals surface area contributed by atoms with E-state index in [2.05, 4.69) is 74.3 Å². The predicted molar refractivity (Wildman–Crippen MR) is 105 cm³/mol. The number of rotatable bonds is 1. The molecule has 0 saturated heterocycles. The van der Waals surface area contributed by atoms with Gasteiger partial charge in [-0.1, -0.05) is 56.1 Å². The first kappa shape index (κ1) is 14.2. The lowest BCUT2D eigenvalue weighted by Crippen LogP contribution is -1.89. The van der Waals surface area contributed by atoms with Gasteiger partial charge >= 0.3 is 0 Å². The van der Waals surface area contributed by atoms with Crippen LogP contribution in [0.5, 0.6) is 0 Å². The second-order valence-corrected chi connectivity index (χ2v) is 8.10. The van der Waals surface area contributed by atoms with Gasteiger partial charge in [-0.2, -0.15) is 0 Å². The van der Waals surface area contributed by atoms with Crippen molar-refractivity contribution in [1.82, 2.24) is 0 Å². The minimum Gasteiger partial charge on any atom is -0.398 e. The van der Waals surface area contributed by atoms with E-state index in [0.717, 1.165) is 25.8 Å². The molecule has 1 nitrogen and oxygen atoms in total. The fraction of sp³-hybridized carbons (Fsp3) is 0. The summed E-state index contributed by atoms with van der Waals surface area (Å²) in [5.74, 6) is 0. The Balaban J connectivity index is 1.95. The number of halogens is 2. The van der Waals surface area contributed by atoms with E-state index in [9.17, 15) is 0 Å². The number of hydrogen-bond donors (Lipinski definition) is 1. The highest BCUT2D eigenvalue weighted by atomic mass is 79.9. The fourth-order valence-corrected chi connectivity index (χ4v) is 4.79. The van der Waals surface area contributed by atoms with Crippen LogP contribution in [-0.2, 0) is 0 Å². The number of nitrogen functional groups attached to an aromatic ring is 1. The third-order valence-electron chi connectivity index (χ3n) is 3.76. The third-order valence-corrected chi connectivity index (χ3v) is 5.86. The molecule has 0 saturated carbocycles. The van der Waals surface area contributed by atoms with Crippen molar-refractivity contribution in [3.05, 3.63) is 63.5 Å². The normalized spacial score (nSPS) is 11.4. The zero-order chi connectivity index (χ0) is 15.3. The van der Waals surface area contributed by atoms with Crippen molar-refractivity contribution in [2.24, 2.45) is 0 Å². The summed E-state index contributed by atoms with van der Waals surface area (Å²) in [6.07, 6.45) is 0. The van der Waals surface area contributed by atoms with Crippen molar-refractivity contribution in [2.75, 3.05) is 5.73 Å². The lowest BCUT2D eigenvalue weighted by Gasteiger charge is -2.06. The molecular weight excluding hydrogens is 422 g/mol. The topological polar surface area (TPSA) is 26.0 Å². The summed E-state index contributed by atoms with van der Waals surface area (Å²) in [4.78, 5) is 0. The zero-order valence-corrected chi connectivity index (χ0v) is 15.4. The highest BCUT2D eigenvalue weighted by molar-refractivity contribution is 9.10. The second-order valence-electron chi connectivity index (χ2n) is 5.19. The molecule has 0 amide bonds. The lowest BCUT2D eigenvalue weighted by atomic mass is 10.0. The van der Waals surface area contributed by atoms with Crippen LogP contribution in [0.1, 0.15) is 0 Å². The Morgan fingerprint density at radius 2 is 1.36 bits per heavy atom. The molecule has 0 aliphatic heterocycles. The molecule has 3 aromatic carbocycles. The highest BCUT2D eigenvalue weighted by Crippen LogP contribution is 2.38. The second kappa shape index (κ2) is 5.37. The van der Waals surface area contributed by atoms with Gasteiger partial charge in [0, 0.05) is 40.4 Å². The average Bonchev–Trinajstić information content (AvgIpc) is 2.83. The minimum absolute atomic E-state index is 0.789. The predicted octanol–water partition coefficient (Wildman–Crippen LogP) is 6.83. The Hall–Kier alpha value is -1.36. The molecule has 2 N–H and O–H groups in total. The van der Waals surface area contributed by atoms with Crippen LogP contribution in [0.2, 0.25) is 0 Å². The molecule has 1 aromatic heterocycles. The molecule has 0 spiro atoms. The van der Waals surface area contributed by atoms with Gasteiger partial charge in [-0.3, -0.25) is 0 Å². The molecule has 1 heterocycles. The molecule has 4 aromatic rings. The zero-order valence-electron chi connectivity index (χ0n) is 11.4. The first-order valence-corrected chi connectivity index (χ1v) is 9.19. The number of thiophene rings is 1. The molecule has 22 heavy (non-hydrogen) atoms. The number of anilines is 1. The summed E-state index contributed by atoms with van der Waals surface area (Å²) in [5, 5.41) is 2.60. The van der Waals surface area contributed by atoms with E-state index in [-0.39, 0.29) is 0 Å². The van der Waals surface area contributed by atoms with Crippen LogP contribution in [0.3, 0.4) is 0 Å². The number of hydrogen-bond acceptors (Lipinski definition) is 2. The first-order valence-electron chi connectivity index (χ1n) is 6.79. The number of nitrogens with two attached hydrogens (primary N) is 1. The molecule has 108 valence electrons. The van der Waals surface area contributed by atoms with Gasteiger partial charge in [-0.15, -0.1) is 11.3 Å². The molecule has 0 aliphatic rings. The van der Waals surface area contributed by atoms with Crippen molar-refractivity contribution < 1.29 is 0 Å². The van der Waals surface area contributed by atoms with Crippen molar-refractivity contribution in [3.63, 3.8) is 0 Å². The van der Waals surface area contributed by atoms with Gasteiger partial charge in [0.15, 0.2) is 0 Å². The maximum atomic E-state index is 6.16. The van der Waals surface area contributed by atoms with E-state index in [4.69, 9.17) is 5.73 Å². The Bertz CT molecular complexity index is 1020. The van der Waals surface area contributed by atoms with E-state index < -0.39 is 0 Å². The Kier molecular flexibility index (Phi) is 3.48. The first-order chi connectivity index (χ1) is 10.6. The van der Waals surface area contributed by atoms with Crippen LogP contribution >= 0.6 is 43.2 Å². The van der Waals surface area contributed by atoms with Crippen molar-refractivity contribution in [2.45, 2.75) is 0 Å². The van der Waals surface area contributed by atoms with Crippen molar-refractivity contribution in [3.8, 4) is 11.1 Å². The third kappa shape index (κ3) is 2.35. The van der Waals surface area contributed by atoms with E-state index in [1.54, 1.807) is 0 Å². The van der Waals surface area contributed by atoms with Crippen LogP contribution in [0.25, 0.3) is 31.3 Å². The smallest absolute Gasteiger partial charge is 0.0405 e. The van der Waals surface area contributed by atoms with Crippen LogP contribution in [0.15, 0.2) is 63.5 Å². The van der Waals surface area contributed by atoms with Gasteiger partial charge in [0.1, 0.15) is 0 Å². The molecule has 0 aliphatic carbocycles. The molecule has 0 radical (unpaired) electrons. The molecule has 0 unspecified atom stereocenters. The van der Waals surface area contributed by atoms with Gasteiger partial charge in [-0.25, -0.2) is 0 Å². The number of fused-ring (bicyclic) bond motifs is 3. The SMILES string of the molecule is Nc1cc(Br)ccc1-c1ccc2c(c1)sc1cc(Br)ccc12. The maximum Gasteiger partial charge on any atom is 0.0405 e. The van der Waals surface area contributed by atoms with E-state index in [0.29, 0.717) is 0 Å². The summed E-state index contributed by atoms with van der Waals surface area (Å²) in [6.45, 7) is 0. The van der Waals surface area contributed by atoms with Gasteiger partial charge in [0.05, 0.1) is 0 Å². The van der Waals surface area contributed by atoms with Crippen molar-refractivity contribution in [1.29, 1.82) is 0 Å². The van der Waals surface area contributed by atoms with Gasteiger partial charge in [0.25, 0.3) is 0 Å². The number of benzene rings is 3. The fourth-order valence-electron chi connectivity index (χ4n) is 2.71. The maximum absolute atomic E-state index is 6.16. The summed E-state index contributed by atoms with van der Waals surface area (Å²) in [7, 11) is 0. The molecule has 4 rings (SSSR count). The summed E-state index contributed by atoms with van der Waals surface area (Å²) < 4.78 is 4.70. The standard InChI is InChI=1S/C18H11Br2NS/c19-11-2-5-13(16(21)8-11)10-1-4-14-15-6-3-12(20)9-18(15)22-17(14)7-10/h1-9H,21H2. The van der Waals surface area contributed by atoms with Crippen LogP contribution in [0.4, 0.5) is 5.69 Å². The molecule has 4 heteroatoms. The average molecular weight is 433 g/mol.